The van der Waals surface area contributed by atoms with Gasteiger partial charge in [-0.15, -0.1) is 6.58 Å². The largest absolute Gasteiger partial charge is 0.481 e. The molecule has 4 nitrogen and oxygen atoms in total. The number of aryl methyl sites for hydroxylation is 1. The van der Waals surface area contributed by atoms with Gasteiger partial charge >= 0.3 is 0 Å². The van der Waals surface area contributed by atoms with Crippen molar-refractivity contribution in [2.75, 3.05) is 7.11 Å². The first-order valence-electron chi connectivity index (χ1n) is 9.65. The molecule has 1 heterocycles. The Kier molecular flexibility index (Phi) is 5.22. The summed E-state index contributed by atoms with van der Waals surface area (Å²) in [6.45, 7) is 5.79. The van der Waals surface area contributed by atoms with Gasteiger partial charge in [-0.05, 0) is 24.1 Å². The van der Waals surface area contributed by atoms with Crippen LogP contribution in [-0.2, 0) is 10.0 Å². The minimum absolute atomic E-state index is 0.293. The van der Waals surface area contributed by atoms with Crippen molar-refractivity contribution in [3.05, 3.63) is 103 Å². The highest BCUT2D eigenvalue weighted by molar-refractivity contribution is 7.90. The van der Waals surface area contributed by atoms with Gasteiger partial charge in [-0.25, -0.2) is 12.4 Å². The number of fused-ring (bicyclic) bond motifs is 1. The Hall–Kier alpha value is -3.31. The molecule has 0 aliphatic rings. The Labute approximate surface area is 177 Å². The first kappa shape index (κ1) is 20.0. The van der Waals surface area contributed by atoms with E-state index in [-0.39, 0.29) is 0 Å². The zero-order valence-electron chi connectivity index (χ0n) is 16.9. The molecule has 30 heavy (non-hydrogen) atoms. The molecule has 0 N–H and O–H groups in total. The molecule has 0 radical (unpaired) electrons. The Balaban J connectivity index is 2.03. The Morgan fingerprint density at radius 1 is 0.933 bits per heavy atom. The lowest BCUT2D eigenvalue weighted by Gasteiger charge is -2.18. The van der Waals surface area contributed by atoms with Gasteiger partial charge in [-0.3, -0.25) is 0 Å². The van der Waals surface area contributed by atoms with E-state index in [4.69, 9.17) is 4.74 Å². The molecule has 0 aliphatic heterocycles. The maximum absolute atomic E-state index is 13.9. The van der Waals surface area contributed by atoms with E-state index in [0.29, 0.717) is 17.0 Å². The Morgan fingerprint density at radius 3 is 2.20 bits per heavy atom. The van der Waals surface area contributed by atoms with Gasteiger partial charge < -0.3 is 4.74 Å². The van der Waals surface area contributed by atoms with Crippen molar-refractivity contribution in [3.63, 3.8) is 0 Å². The fourth-order valence-electron chi connectivity index (χ4n) is 3.81. The second-order valence-corrected chi connectivity index (χ2v) is 9.05. The van der Waals surface area contributed by atoms with Crippen LogP contribution in [0.25, 0.3) is 22.0 Å². The zero-order valence-corrected chi connectivity index (χ0v) is 17.8. The van der Waals surface area contributed by atoms with Crippen molar-refractivity contribution in [2.45, 2.75) is 12.2 Å². The third kappa shape index (κ3) is 3.21. The van der Waals surface area contributed by atoms with E-state index < -0.39 is 15.3 Å². The van der Waals surface area contributed by atoms with E-state index in [1.165, 1.54) is 17.2 Å². The van der Waals surface area contributed by atoms with Crippen molar-refractivity contribution in [1.29, 1.82) is 0 Å². The van der Waals surface area contributed by atoms with Crippen LogP contribution >= 0.6 is 0 Å². The van der Waals surface area contributed by atoms with E-state index in [2.05, 4.69) is 6.58 Å². The molecule has 152 valence electrons. The number of hydrogen-bond acceptors (Lipinski definition) is 3. The van der Waals surface area contributed by atoms with Crippen LogP contribution in [0.3, 0.4) is 0 Å². The summed E-state index contributed by atoms with van der Waals surface area (Å²) >= 11 is 0. The summed E-state index contributed by atoms with van der Waals surface area (Å²) in [7, 11) is -2.40. The number of nitrogens with zero attached hydrogens (tertiary/aromatic N) is 1. The molecule has 0 saturated heterocycles. The molecular weight excluding hydrogens is 394 g/mol. The fraction of sp³-hybridized carbons (Fsp3) is 0.120. The molecule has 3 aromatic carbocycles. The van der Waals surface area contributed by atoms with Gasteiger partial charge in [0.25, 0.3) is 10.0 Å². The minimum Gasteiger partial charge on any atom is -0.481 e. The maximum Gasteiger partial charge on any atom is 0.252 e. The van der Waals surface area contributed by atoms with Crippen LogP contribution in [0.4, 0.5) is 0 Å². The quantitative estimate of drug-likeness (QED) is 0.376. The molecule has 1 aromatic heterocycles. The number of hydrogen-bond donors (Lipinski definition) is 0. The van der Waals surface area contributed by atoms with E-state index in [0.717, 1.165) is 22.1 Å². The summed E-state index contributed by atoms with van der Waals surface area (Å²) < 4.78 is 34.8. The van der Waals surface area contributed by atoms with Crippen LogP contribution < -0.4 is 4.74 Å². The van der Waals surface area contributed by atoms with E-state index >= 15 is 0 Å². The molecule has 5 heteroatoms. The van der Waals surface area contributed by atoms with Gasteiger partial charge in [-0.2, -0.15) is 0 Å². The standard InChI is InChI=1S/C25H23NO3S/c1-4-23(19-16-14-18(2)15-17-19)30(27,28)26-22-13-9-8-12-21(22)24(25(26)29-3)20-10-6-5-7-11-20/h4-17,23H,1H2,2-3H3. The molecule has 1 unspecified atom stereocenters. The van der Waals surface area contributed by atoms with Crippen LogP contribution in [0.15, 0.2) is 91.5 Å². The van der Waals surface area contributed by atoms with Crippen molar-refractivity contribution in [2.24, 2.45) is 0 Å². The first-order valence-corrected chi connectivity index (χ1v) is 11.2. The highest BCUT2D eigenvalue weighted by atomic mass is 32.2. The zero-order chi connectivity index (χ0) is 21.3. The van der Waals surface area contributed by atoms with Crippen molar-refractivity contribution < 1.29 is 13.2 Å². The summed E-state index contributed by atoms with van der Waals surface area (Å²) in [5.74, 6) is 0.293. The minimum atomic E-state index is -3.90. The molecule has 1 atom stereocenters. The normalized spacial score (nSPS) is 12.6. The average molecular weight is 418 g/mol. The first-order chi connectivity index (χ1) is 14.5. The van der Waals surface area contributed by atoms with E-state index in [9.17, 15) is 8.42 Å². The highest BCUT2D eigenvalue weighted by Crippen LogP contribution is 2.43. The summed E-state index contributed by atoms with van der Waals surface area (Å²) in [6, 6.07) is 24.6. The topological polar surface area (TPSA) is 48.3 Å². The summed E-state index contributed by atoms with van der Waals surface area (Å²) in [5.41, 5.74) is 3.95. The monoisotopic (exact) mass is 417 g/mol. The molecule has 0 aliphatic carbocycles. The summed E-state index contributed by atoms with van der Waals surface area (Å²) in [5, 5.41) is -0.0951. The molecule has 4 rings (SSSR count). The lowest BCUT2D eigenvalue weighted by atomic mass is 10.0. The fourth-order valence-corrected chi connectivity index (χ4v) is 5.61. The smallest absolute Gasteiger partial charge is 0.252 e. The van der Waals surface area contributed by atoms with Crippen LogP contribution in [-0.4, -0.2) is 19.5 Å². The van der Waals surface area contributed by atoms with Crippen LogP contribution in [0.2, 0.25) is 0 Å². The Bertz CT molecular complexity index is 1300. The van der Waals surface area contributed by atoms with Crippen LogP contribution in [0, 0.1) is 6.92 Å². The SMILES string of the molecule is C=CC(c1ccc(C)cc1)S(=O)(=O)n1c(OC)c(-c2ccccc2)c2ccccc21. The third-order valence-electron chi connectivity index (χ3n) is 5.24. The maximum atomic E-state index is 13.9. The second kappa shape index (κ2) is 7.84. The summed E-state index contributed by atoms with van der Waals surface area (Å²) in [4.78, 5) is 0. The number of benzene rings is 3. The molecule has 0 saturated carbocycles. The van der Waals surface area contributed by atoms with Gasteiger partial charge in [0.1, 0.15) is 5.25 Å². The molecule has 4 aromatic rings. The van der Waals surface area contributed by atoms with E-state index in [1.807, 2.05) is 79.7 Å². The molecule has 0 bridgehead atoms. The van der Waals surface area contributed by atoms with Gasteiger partial charge in [-0.1, -0.05) is 84.4 Å². The van der Waals surface area contributed by atoms with Gasteiger partial charge in [0, 0.05) is 5.39 Å². The number of para-hydroxylation sites is 1. The van der Waals surface area contributed by atoms with Gasteiger partial charge in [0.15, 0.2) is 0 Å². The lowest BCUT2D eigenvalue weighted by Crippen LogP contribution is -2.20. The second-order valence-electron chi connectivity index (χ2n) is 7.14. The highest BCUT2D eigenvalue weighted by Gasteiger charge is 2.33. The van der Waals surface area contributed by atoms with Crippen LogP contribution in [0.1, 0.15) is 16.4 Å². The van der Waals surface area contributed by atoms with Crippen LogP contribution in [0.5, 0.6) is 5.88 Å². The summed E-state index contributed by atoms with van der Waals surface area (Å²) in [6.07, 6.45) is 1.47. The predicted octanol–water partition coefficient (Wildman–Crippen LogP) is 5.73. The molecular formula is C25H23NO3S. The van der Waals surface area contributed by atoms with E-state index in [1.54, 1.807) is 6.07 Å². The van der Waals surface area contributed by atoms with Crippen molar-refractivity contribution in [1.82, 2.24) is 3.97 Å². The number of methoxy groups -OCH3 is 1. The number of aromatic nitrogens is 1. The number of ether oxygens (including phenoxy) is 1. The third-order valence-corrected chi connectivity index (χ3v) is 7.22. The predicted molar refractivity (Wildman–Crippen MR) is 122 cm³/mol. The van der Waals surface area contributed by atoms with Crippen molar-refractivity contribution in [3.8, 4) is 17.0 Å². The Morgan fingerprint density at radius 2 is 1.57 bits per heavy atom. The molecule has 0 spiro atoms. The molecule has 0 fully saturated rings. The average Bonchev–Trinajstić information content (AvgIpc) is 3.11. The van der Waals surface area contributed by atoms with Crippen molar-refractivity contribution >= 4 is 20.9 Å². The molecule has 0 amide bonds. The van der Waals surface area contributed by atoms with Gasteiger partial charge in [0.2, 0.25) is 5.88 Å². The van der Waals surface area contributed by atoms with Gasteiger partial charge in [0.05, 0.1) is 18.2 Å². The lowest BCUT2D eigenvalue weighted by molar-refractivity contribution is 0.395. The number of rotatable bonds is 6.